The third kappa shape index (κ3) is 3.37. The number of aliphatic hydroxyl groups excluding tert-OH is 1. The van der Waals surface area contributed by atoms with Crippen molar-refractivity contribution in [2.24, 2.45) is 0 Å². The molecule has 0 bridgehead atoms. The highest BCUT2D eigenvalue weighted by atomic mass is 16.5. The molecule has 0 saturated carbocycles. The molecular formula is C12H13NO3. The van der Waals surface area contributed by atoms with Crippen molar-refractivity contribution in [3.63, 3.8) is 0 Å². The molecular weight excluding hydrogens is 206 g/mol. The van der Waals surface area contributed by atoms with Gasteiger partial charge in [0.2, 0.25) is 0 Å². The van der Waals surface area contributed by atoms with Gasteiger partial charge in [-0.15, -0.1) is 0 Å². The van der Waals surface area contributed by atoms with E-state index in [4.69, 9.17) is 10.00 Å². The number of carbonyl (C=O) groups excluding carboxylic acids is 1. The molecule has 0 spiro atoms. The molecule has 0 amide bonds. The zero-order valence-corrected chi connectivity index (χ0v) is 9.01. The van der Waals surface area contributed by atoms with Crippen molar-refractivity contribution in [2.75, 3.05) is 6.61 Å². The first-order chi connectivity index (χ1) is 7.67. The van der Waals surface area contributed by atoms with Crippen molar-refractivity contribution < 1.29 is 14.6 Å². The fraction of sp³-hybridized carbons (Fsp3) is 0.333. The molecule has 0 aliphatic heterocycles. The van der Waals surface area contributed by atoms with Crippen LogP contribution < -0.4 is 0 Å². The third-order valence-electron chi connectivity index (χ3n) is 2.09. The van der Waals surface area contributed by atoms with E-state index in [1.165, 1.54) is 0 Å². The first-order valence-corrected chi connectivity index (χ1v) is 5.01. The Hall–Kier alpha value is -1.86. The Kier molecular flexibility index (Phi) is 4.49. The van der Waals surface area contributed by atoms with Gasteiger partial charge < -0.3 is 9.84 Å². The fourth-order valence-electron chi connectivity index (χ4n) is 1.28. The van der Waals surface area contributed by atoms with E-state index >= 15 is 0 Å². The van der Waals surface area contributed by atoms with Gasteiger partial charge in [-0.1, -0.05) is 12.1 Å². The second-order valence-electron chi connectivity index (χ2n) is 3.26. The van der Waals surface area contributed by atoms with E-state index < -0.39 is 12.1 Å². The normalized spacial score (nSPS) is 11.6. The predicted octanol–water partition coefficient (Wildman–Crippen LogP) is 1.54. The van der Waals surface area contributed by atoms with Crippen molar-refractivity contribution in [1.82, 2.24) is 0 Å². The Bertz CT molecular complexity index is 392. The molecule has 1 aromatic rings. The molecule has 4 heteroatoms. The molecule has 0 saturated heterocycles. The van der Waals surface area contributed by atoms with Crippen LogP contribution in [-0.4, -0.2) is 17.7 Å². The number of benzene rings is 1. The molecule has 0 aliphatic rings. The average molecular weight is 219 g/mol. The maximum atomic E-state index is 11.1. The maximum Gasteiger partial charge on any atom is 0.308 e. The number of carbonyl (C=O) groups is 1. The molecule has 0 heterocycles. The van der Waals surface area contributed by atoms with Crippen LogP contribution in [0.1, 0.15) is 30.6 Å². The lowest BCUT2D eigenvalue weighted by molar-refractivity contribution is -0.145. The highest BCUT2D eigenvalue weighted by Gasteiger charge is 2.13. The number of esters is 1. The van der Waals surface area contributed by atoms with Crippen molar-refractivity contribution >= 4 is 5.97 Å². The third-order valence-corrected chi connectivity index (χ3v) is 2.09. The number of ether oxygens (including phenoxy) is 1. The number of aliphatic hydroxyl groups is 1. The molecule has 1 aromatic carbocycles. The van der Waals surface area contributed by atoms with Gasteiger partial charge in [0.1, 0.15) is 0 Å². The van der Waals surface area contributed by atoms with Crippen LogP contribution in [0.15, 0.2) is 24.3 Å². The van der Waals surface area contributed by atoms with Crippen LogP contribution in [0.4, 0.5) is 0 Å². The Labute approximate surface area is 94.1 Å². The van der Waals surface area contributed by atoms with E-state index in [0.717, 1.165) is 0 Å². The fourth-order valence-corrected chi connectivity index (χ4v) is 1.28. The zero-order valence-electron chi connectivity index (χ0n) is 9.01. The minimum atomic E-state index is -0.883. The molecule has 1 atom stereocenters. The Balaban J connectivity index is 2.63. The van der Waals surface area contributed by atoms with Gasteiger partial charge in [-0.05, 0) is 24.6 Å². The van der Waals surface area contributed by atoms with Crippen LogP contribution in [0.2, 0.25) is 0 Å². The largest absolute Gasteiger partial charge is 0.466 e. The Morgan fingerprint density at radius 3 is 2.62 bits per heavy atom. The molecule has 1 unspecified atom stereocenters. The highest BCUT2D eigenvalue weighted by Crippen LogP contribution is 2.17. The topological polar surface area (TPSA) is 70.3 Å². The zero-order chi connectivity index (χ0) is 12.0. The molecule has 0 radical (unpaired) electrons. The highest BCUT2D eigenvalue weighted by molar-refractivity contribution is 5.70. The van der Waals surface area contributed by atoms with E-state index in [1.54, 1.807) is 31.2 Å². The lowest BCUT2D eigenvalue weighted by Gasteiger charge is -2.09. The predicted molar refractivity (Wildman–Crippen MR) is 57.4 cm³/mol. The van der Waals surface area contributed by atoms with Gasteiger partial charge in [0, 0.05) is 0 Å². The first-order valence-electron chi connectivity index (χ1n) is 5.01. The Morgan fingerprint density at radius 2 is 2.12 bits per heavy atom. The summed E-state index contributed by atoms with van der Waals surface area (Å²) in [4.78, 5) is 11.1. The molecule has 0 aromatic heterocycles. The summed E-state index contributed by atoms with van der Waals surface area (Å²) in [5.74, 6) is -0.431. The maximum absolute atomic E-state index is 11.1. The van der Waals surface area contributed by atoms with E-state index in [2.05, 4.69) is 0 Å². The standard InChI is InChI=1S/C12H13NO3/c1-2-16-12(15)7-11(14)10-5-3-9(8-13)4-6-10/h3-6,11,14H,2,7H2,1H3. The van der Waals surface area contributed by atoms with Crippen LogP contribution in [0.3, 0.4) is 0 Å². The van der Waals surface area contributed by atoms with Gasteiger partial charge >= 0.3 is 5.97 Å². The van der Waals surface area contributed by atoms with E-state index in [0.29, 0.717) is 17.7 Å². The molecule has 16 heavy (non-hydrogen) atoms. The number of nitrogens with zero attached hydrogens (tertiary/aromatic N) is 1. The van der Waals surface area contributed by atoms with Gasteiger partial charge in [0.25, 0.3) is 0 Å². The number of nitriles is 1. The summed E-state index contributed by atoms with van der Waals surface area (Å²) in [5, 5.41) is 18.3. The van der Waals surface area contributed by atoms with Crippen molar-refractivity contribution in [3.8, 4) is 6.07 Å². The smallest absolute Gasteiger partial charge is 0.308 e. The molecule has 1 rings (SSSR count). The van der Waals surface area contributed by atoms with Crippen molar-refractivity contribution in [3.05, 3.63) is 35.4 Å². The summed E-state index contributed by atoms with van der Waals surface area (Å²) in [7, 11) is 0. The second kappa shape index (κ2) is 5.89. The monoisotopic (exact) mass is 219 g/mol. The molecule has 1 N–H and O–H groups in total. The average Bonchev–Trinajstić information content (AvgIpc) is 2.29. The summed E-state index contributed by atoms with van der Waals surface area (Å²) in [6, 6.07) is 8.44. The lowest BCUT2D eigenvalue weighted by atomic mass is 10.1. The summed E-state index contributed by atoms with van der Waals surface area (Å²) in [6.45, 7) is 2.02. The number of hydrogen-bond acceptors (Lipinski definition) is 4. The minimum Gasteiger partial charge on any atom is -0.466 e. The molecule has 0 fully saturated rings. The lowest BCUT2D eigenvalue weighted by Crippen LogP contribution is -2.09. The second-order valence-corrected chi connectivity index (χ2v) is 3.26. The van der Waals surface area contributed by atoms with Gasteiger partial charge in [-0.25, -0.2) is 0 Å². The number of hydrogen-bond donors (Lipinski definition) is 1. The van der Waals surface area contributed by atoms with Crippen LogP contribution in [0.5, 0.6) is 0 Å². The van der Waals surface area contributed by atoms with E-state index in [1.807, 2.05) is 6.07 Å². The first kappa shape index (κ1) is 12.2. The van der Waals surface area contributed by atoms with E-state index in [-0.39, 0.29) is 6.42 Å². The summed E-state index contributed by atoms with van der Waals surface area (Å²) in [6.07, 6.45) is -0.952. The van der Waals surface area contributed by atoms with Crippen LogP contribution in [0, 0.1) is 11.3 Å². The summed E-state index contributed by atoms with van der Waals surface area (Å²) < 4.78 is 4.73. The quantitative estimate of drug-likeness (QED) is 0.780. The van der Waals surface area contributed by atoms with Gasteiger partial charge in [0.05, 0.1) is 30.8 Å². The van der Waals surface area contributed by atoms with Gasteiger partial charge in [-0.3, -0.25) is 4.79 Å². The van der Waals surface area contributed by atoms with Gasteiger partial charge in [-0.2, -0.15) is 5.26 Å². The molecule has 84 valence electrons. The SMILES string of the molecule is CCOC(=O)CC(O)c1ccc(C#N)cc1. The van der Waals surface area contributed by atoms with Crippen molar-refractivity contribution in [1.29, 1.82) is 5.26 Å². The molecule has 4 nitrogen and oxygen atoms in total. The summed E-state index contributed by atoms with van der Waals surface area (Å²) >= 11 is 0. The van der Waals surface area contributed by atoms with E-state index in [9.17, 15) is 9.90 Å². The minimum absolute atomic E-state index is 0.0697. The van der Waals surface area contributed by atoms with Crippen molar-refractivity contribution in [2.45, 2.75) is 19.4 Å². The summed E-state index contributed by atoms with van der Waals surface area (Å²) in [5.41, 5.74) is 1.12. The molecule has 0 aliphatic carbocycles. The van der Waals surface area contributed by atoms with Crippen LogP contribution in [0.25, 0.3) is 0 Å². The van der Waals surface area contributed by atoms with Crippen LogP contribution in [-0.2, 0) is 9.53 Å². The number of rotatable bonds is 4. The van der Waals surface area contributed by atoms with Crippen LogP contribution >= 0.6 is 0 Å². The van der Waals surface area contributed by atoms with Gasteiger partial charge in [0.15, 0.2) is 0 Å². The Morgan fingerprint density at radius 1 is 1.50 bits per heavy atom.